The van der Waals surface area contributed by atoms with Crippen molar-refractivity contribution in [2.75, 3.05) is 0 Å². The maximum atomic E-state index is 11.6. The van der Waals surface area contributed by atoms with E-state index < -0.39 is 24.3 Å². The van der Waals surface area contributed by atoms with Gasteiger partial charge in [0, 0.05) is 11.5 Å². The zero-order chi connectivity index (χ0) is 14.2. The van der Waals surface area contributed by atoms with Crippen molar-refractivity contribution in [3.05, 3.63) is 36.0 Å². The summed E-state index contributed by atoms with van der Waals surface area (Å²) >= 11 is 0. The molecule has 1 fully saturated rings. The zero-order valence-corrected chi connectivity index (χ0v) is 11.1. The largest absolute Gasteiger partial charge is 0.455 e. The highest BCUT2D eigenvalue weighted by Gasteiger charge is 2.43. The molecule has 2 aliphatic rings. The lowest BCUT2D eigenvalue weighted by molar-refractivity contribution is -0.142. The second kappa shape index (κ2) is 5.31. The number of fused-ring (bicyclic) bond motifs is 1. The third-order valence-corrected chi connectivity index (χ3v) is 4.04. The van der Waals surface area contributed by atoms with Crippen LogP contribution < -0.4 is 0 Å². The summed E-state index contributed by atoms with van der Waals surface area (Å²) in [6, 6.07) is 0. The van der Waals surface area contributed by atoms with Gasteiger partial charge in [-0.25, -0.2) is 4.79 Å². The molecule has 4 heteroatoms. The molecule has 0 amide bonds. The fourth-order valence-electron chi connectivity index (χ4n) is 2.57. The Balaban J connectivity index is 2.32. The highest BCUT2D eigenvalue weighted by molar-refractivity contribution is 5.91. The summed E-state index contributed by atoms with van der Waals surface area (Å²) < 4.78 is 5.21. The molecule has 0 spiro atoms. The molecule has 4 nitrogen and oxygen atoms in total. The number of carbonyl (C=O) groups excluding carboxylic acids is 1. The first kappa shape index (κ1) is 14.0. The SMILES string of the molecule is C=C1CC[C@H](O)/C(C)=C\C[C@H]2C(=C)C(=O)O[C@@H]2[C@@H]1O. The molecule has 0 bridgehead atoms. The van der Waals surface area contributed by atoms with Crippen molar-refractivity contribution in [1.29, 1.82) is 0 Å². The van der Waals surface area contributed by atoms with Gasteiger partial charge >= 0.3 is 5.97 Å². The Hall–Kier alpha value is -1.39. The van der Waals surface area contributed by atoms with Crippen molar-refractivity contribution < 1.29 is 19.7 Å². The summed E-state index contributed by atoms with van der Waals surface area (Å²) in [5.41, 5.74) is 1.84. The quantitative estimate of drug-likeness (QED) is 0.395. The molecule has 1 heterocycles. The molecule has 0 aromatic rings. The standard InChI is InChI=1S/C15H20O4/c1-8-4-6-11-10(3)15(18)19-14(11)13(17)9(2)5-7-12(8)16/h4,11-14,16-17H,2-3,5-7H2,1H3/b8-4-/t11-,12-,13+,14-/m0/s1. The van der Waals surface area contributed by atoms with Crippen LogP contribution in [0, 0.1) is 5.92 Å². The molecule has 4 atom stereocenters. The minimum absolute atomic E-state index is 0.250. The van der Waals surface area contributed by atoms with E-state index in [-0.39, 0.29) is 5.92 Å². The molecule has 2 N–H and O–H groups in total. The highest BCUT2D eigenvalue weighted by atomic mass is 16.6. The smallest absolute Gasteiger partial charge is 0.334 e. The first-order valence-electron chi connectivity index (χ1n) is 6.52. The van der Waals surface area contributed by atoms with Gasteiger partial charge in [0.05, 0.1) is 6.10 Å². The average molecular weight is 264 g/mol. The summed E-state index contributed by atoms with van der Waals surface area (Å²) in [5.74, 6) is -0.702. The molecule has 0 aromatic carbocycles. The van der Waals surface area contributed by atoms with E-state index in [1.807, 2.05) is 13.0 Å². The van der Waals surface area contributed by atoms with Crippen LogP contribution in [0.3, 0.4) is 0 Å². The molecule has 0 unspecified atom stereocenters. The lowest BCUT2D eigenvalue weighted by Gasteiger charge is -2.26. The summed E-state index contributed by atoms with van der Waals surface area (Å²) in [7, 11) is 0. The van der Waals surface area contributed by atoms with Gasteiger partial charge < -0.3 is 14.9 Å². The van der Waals surface area contributed by atoms with E-state index >= 15 is 0 Å². The number of hydrogen-bond donors (Lipinski definition) is 2. The van der Waals surface area contributed by atoms with E-state index in [4.69, 9.17) is 4.74 Å². The van der Waals surface area contributed by atoms with Crippen molar-refractivity contribution in [2.45, 2.75) is 44.5 Å². The van der Waals surface area contributed by atoms with E-state index in [1.165, 1.54) is 0 Å². The van der Waals surface area contributed by atoms with Crippen molar-refractivity contribution in [3.63, 3.8) is 0 Å². The van der Waals surface area contributed by atoms with Crippen LogP contribution >= 0.6 is 0 Å². The monoisotopic (exact) mass is 264 g/mol. The van der Waals surface area contributed by atoms with Crippen molar-refractivity contribution in [3.8, 4) is 0 Å². The number of ether oxygens (including phenoxy) is 1. The third-order valence-electron chi connectivity index (χ3n) is 4.04. The highest BCUT2D eigenvalue weighted by Crippen LogP contribution is 2.35. The number of aliphatic hydroxyl groups excluding tert-OH is 2. The molecule has 1 saturated heterocycles. The lowest BCUT2D eigenvalue weighted by Crippen LogP contribution is -2.33. The number of aliphatic hydroxyl groups is 2. The predicted molar refractivity (Wildman–Crippen MR) is 71.3 cm³/mol. The molecule has 104 valence electrons. The number of rotatable bonds is 0. The topological polar surface area (TPSA) is 66.8 Å². The minimum atomic E-state index is -0.896. The summed E-state index contributed by atoms with van der Waals surface area (Å²) in [4.78, 5) is 11.6. The maximum absolute atomic E-state index is 11.6. The Kier molecular flexibility index (Phi) is 3.92. The van der Waals surface area contributed by atoms with Crippen LogP contribution in [0.2, 0.25) is 0 Å². The Labute approximate surface area is 113 Å². The maximum Gasteiger partial charge on any atom is 0.334 e. The van der Waals surface area contributed by atoms with Crippen LogP contribution in [-0.4, -0.2) is 34.5 Å². The van der Waals surface area contributed by atoms with Crippen LogP contribution in [-0.2, 0) is 9.53 Å². The second-order valence-electron chi connectivity index (χ2n) is 5.34. The number of hydrogen-bond acceptors (Lipinski definition) is 4. The average Bonchev–Trinajstić information content (AvgIpc) is 2.67. The molecule has 0 aromatic heterocycles. The van der Waals surface area contributed by atoms with E-state index in [0.717, 1.165) is 5.57 Å². The fraction of sp³-hybridized carbons (Fsp3) is 0.533. The molecular formula is C15H20O4. The molecule has 19 heavy (non-hydrogen) atoms. The van der Waals surface area contributed by atoms with Gasteiger partial charge in [0.1, 0.15) is 12.2 Å². The van der Waals surface area contributed by atoms with Gasteiger partial charge in [0.15, 0.2) is 0 Å². The third kappa shape index (κ3) is 2.65. The Morgan fingerprint density at radius 1 is 1.37 bits per heavy atom. The van der Waals surface area contributed by atoms with Crippen molar-refractivity contribution >= 4 is 5.97 Å². The predicted octanol–water partition coefficient (Wildman–Crippen LogP) is 1.49. The molecular weight excluding hydrogens is 244 g/mol. The van der Waals surface area contributed by atoms with Gasteiger partial charge in [-0.2, -0.15) is 0 Å². The number of carbonyl (C=O) groups is 1. The van der Waals surface area contributed by atoms with E-state index in [2.05, 4.69) is 13.2 Å². The first-order valence-corrected chi connectivity index (χ1v) is 6.52. The molecule has 0 saturated carbocycles. The van der Waals surface area contributed by atoms with E-state index in [0.29, 0.717) is 30.4 Å². The van der Waals surface area contributed by atoms with E-state index in [1.54, 1.807) is 0 Å². The number of allylic oxidation sites excluding steroid dienone is 1. The van der Waals surface area contributed by atoms with Crippen LogP contribution in [0.4, 0.5) is 0 Å². The number of esters is 1. The van der Waals surface area contributed by atoms with Crippen LogP contribution in [0.15, 0.2) is 36.0 Å². The van der Waals surface area contributed by atoms with Gasteiger partial charge in [-0.1, -0.05) is 19.2 Å². The summed E-state index contributed by atoms with van der Waals surface area (Å²) in [5, 5.41) is 20.2. The molecule has 0 radical (unpaired) electrons. The van der Waals surface area contributed by atoms with Crippen molar-refractivity contribution in [1.82, 2.24) is 0 Å². The van der Waals surface area contributed by atoms with Crippen molar-refractivity contribution in [2.24, 2.45) is 5.92 Å². The van der Waals surface area contributed by atoms with Gasteiger partial charge in [0.2, 0.25) is 0 Å². The van der Waals surface area contributed by atoms with E-state index in [9.17, 15) is 15.0 Å². The van der Waals surface area contributed by atoms with Crippen LogP contribution in [0.5, 0.6) is 0 Å². The van der Waals surface area contributed by atoms with Crippen LogP contribution in [0.25, 0.3) is 0 Å². The van der Waals surface area contributed by atoms with Gasteiger partial charge in [0.25, 0.3) is 0 Å². The van der Waals surface area contributed by atoms with Gasteiger partial charge in [-0.15, -0.1) is 0 Å². The Morgan fingerprint density at radius 2 is 2.05 bits per heavy atom. The Morgan fingerprint density at radius 3 is 2.74 bits per heavy atom. The molecule has 2 rings (SSSR count). The lowest BCUT2D eigenvalue weighted by atomic mass is 9.84. The normalized spacial score (nSPS) is 39.3. The molecule has 1 aliphatic carbocycles. The van der Waals surface area contributed by atoms with Crippen LogP contribution in [0.1, 0.15) is 26.2 Å². The molecule has 1 aliphatic heterocycles. The zero-order valence-electron chi connectivity index (χ0n) is 11.1. The summed E-state index contributed by atoms with van der Waals surface area (Å²) in [6.45, 7) is 9.44. The van der Waals surface area contributed by atoms with Gasteiger partial charge in [-0.05, 0) is 37.3 Å². The first-order chi connectivity index (χ1) is 8.91. The summed E-state index contributed by atoms with van der Waals surface area (Å²) in [6.07, 6.45) is 1.41. The second-order valence-corrected chi connectivity index (χ2v) is 5.34. The Bertz CT molecular complexity index is 449. The minimum Gasteiger partial charge on any atom is -0.455 e. The fourth-order valence-corrected chi connectivity index (χ4v) is 2.57. The van der Waals surface area contributed by atoms with Gasteiger partial charge in [-0.3, -0.25) is 0 Å².